The summed E-state index contributed by atoms with van der Waals surface area (Å²) in [5, 5.41) is 4.00. The number of furan rings is 2. The van der Waals surface area contributed by atoms with Crippen LogP contribution in [0.1, 0.15) is 8.22 Å². The highest BCUT2D eigenvalue weighted by molar-refractivity contribution is 7.26. The first-order valence-corrected chi connectivity index (χ1v) is 17.2. The summed E-state index contributed by atoms with van der Waals surface area (Å²) in [7, 11) is 0. The number of benzene rings is 7. The fourth-order valence-electron chi connectivity index (χ4n) is 6.86. The van der Waals surface area contributed by atoms with Crippen LogP contribution in [0, 0.1) is 0 Å². The molecule has 0 amide bonds. The molecule has 0 saturated carbocycles. The molecule has 0 bridgehead atoms. The molecular formula is C45H25N3O2S. The standard InChI is InChI=1S/C45H25N3O2S/c1-2-10-26(11-3-1)43-46-44(48-45(47-43)35-17-9-16-34-32-13-5-7-19-40(32)51-42(34)35)28-20-22-31-33-15-8-14-29(41(33)50-39(31)25-28)27-21-23-38-36(24-27)30-12-4-6-18-37(30)49-38/h1-25H/i8D,14D,15D,20D,22D,25D. The molecule has 0 atom stereocenters. The maximum atomic E-state index is 9.57. The van der Waals surface area contributed by atoms with Gasteiger partial charge in [-0.05, 0) is 48.0 Å². The SMILES string of the molecule is [2H]c1c([2H])c([2H])c2c(oc3c([2H])c(-c4nc(-c5ccccc5)nc(-c5cccc6c5sc5ccccc56)n4)c([2H])c([2H])c32)c1-c1ccc2oc3ccccc3c2c1. The molecule has 4 heterocycles. The molecule has 4 aromatic heterocycles. The number of fused-ring (bicyclic) bond motifs is 9. The molecule has 0 saturated heterocycles. The Morgan fingerprint density at radius 1 is 0.471 bits per heavy atom. The van der Waals surface area contributed by atoms with Crippen molar-refractivity contribution in [2.45, 2.75) is 0 Å². The minimum Gasteiger partial charge on any atom is -0.456 e. The summed E-state index contributed by atoms with van der Waals surface area (Å²) in [6.45, 7) is 0. The predicted octanol–water partition coefficient (Wildman–Crippen LogP) is 12.7. The van der Waals surface area contributed by atoms with E-state index in [1.807, 2.05) is 84.9 Å². The van der Waals surface area contributed by atoms with Crippen molar-refractivity contribution in [1.82, 2.24) is 15.0 Å². The summed E-state index contributed by atoms with van der Waals surface area (Å²) in [4.78, 5) is 14.7. The monoisotopic (exact) mass is 677 g/mol. The Bertz CT molecular complexity index is 3510. The van der Waals surface area contributed by atoms with E-state index in [0.29, 0.717) is 33.9 Å². The van der Waals surface area contributed by atoms with E-state index < -0.39 is 0 Å². The second-order valence-corrected chi connectivity index (χ2v) is 13.3. The van der Waals surface area contributed by atoms with Crippen LogP contribution in [0.4, 0.5) is 0 Å². The molecule has 11 aromatic rings. The molecule has 0 N–H and O–H groups in total. The van der Waals surface area contributed by atoms with E-state index in [0.717, 1.165) is 36.5 Å². The third-order valence-electron chi connectivity index (χ3n) is 9.26. The van der Waals surface area contributed by atoms with Crippen LogP contribution < -0.4 is 0 Å². The molecule has 0 aliphatic carbocycles. The van der Waals surface area contributed by atoms with Gasteiger partial charge in [0.1, 0.15) is 22.3 Å². The minimum atomic E-state index is -0.357. The molecule has 238 valence electrons. The average molecular weight is 678 g/mol. The number of nitrogens with zero attached hydrogens (tertiary/aromatic N) is 3. The summed E-state index contributed by atoms with van der Waals surface area (Å²) in [5.41, 5.74) is 3.60. The summed E-state index contributed by atoms with van der Waals surface area (Å²) in [6, 6.07) is 34.8. The number of rotatable bonds is 4. The number of hydrogen-bond donors (Lipinski definition) is 0. The highest BCUT2D eigenvalue weighted by atomic mass is 32.1. The van der Waals surface area contributed by atoms with Gasteiger partial charge in [0.15, 0.2) is 17.5 Å². The van der Waals surface area contributed by atoms with Gasteiger partial charge in [-0.1, -0.05) is 109 Å². The number of thiophene rings is 1. The molecule has 51 heavy (non-hydrogen) atoms. The van der Waals surface area contributed by atoms with Gasteiger partial charge in [-0.15, -0.1) is 11.3 Å². The quantitative estimate of drug-likeness (QED) is 0.185. The first-order chi connectivity index (χ1) is 27.8. The summed E-state index contributed by atoms with van der Waals surface area (Å²) in [6.07, 6.45) is 0. The lowest BCUT2D eigenvalue weighted by atomic mass is 10.00. The lowest BCUT2D eigenvalue weighted by Gasteiger charge is -2.09. The maximum absolute atomic E-state index is 9.57. The topological polar surface area (TPSA) is 65.0 Å². The molecule has 0 spiro atoms. The van der Waals surface area contributed by atoms with Crippen molar-refractivity contribution >= 4 is 75.4 Å². The van der Waals surface area contributed by atoms with Gasteiger partial charge in [0.25, 0.3) is 0 Å². The van der Waals surface area contributed by atoms with Crippen molar-refractivity contribution in [2.75, 3.05) is 0 Å². The third-order valence-corrected chi connectivity index (χ3v) is 10.5. The van der Waals surface area contributed by atoms with E-state index in [-0.39, 0.29) is 75.1 Å². The molecule has 0 unspecified atom stereocenters. The number of hydrogen-bond acceptors (Lipinski definition) is 6. The third kappa shape index (κ3) is 4.43. The lowest BCUT2D eigenvalue weighted by Crippen LogP contribution is -2.00. The Labute approximate surface area is 303 Å². The first kappa shape index (κ1) is 22.9. The van der Waals surface area contributed by atoms with Gasteiger partial charge in [-0.25, -0.2) is 15.0 Å². The molecule has 11 rings (SSSR count). The van der Waals surface area contributed by atoms with Crippen LogP contribution in [-0.4, -0.2) is 15.0 Å². The van der Waals surface area contributed by atoms with Crippen molar-refractivity contribution in [3.05, 3.63) is 152 Å². The average Bonchev–Trinajstić information content (AvgIpc) is 3.94. The Kier molecular flexibility index (Phi) is 4.91. The van der Waals surface area contributed by atoms with E-state index in [4.69, 9.17) is 27.9 Å². The summed E-state index contributed by atoms with van der Waals surface area (Å²) >= 11 is 1.63. The van der Waals surface area contributed by atoms with Gasteiger partial charge in [0.2, 0.25) is 0 Å². The predicted molar refractivity (Wildman–Crippen MR) is 209 cm³/mol. The Hall–Kier alpha value is -6.63. The van der Waals surface area contributed by atoms with Crippen molar-refractivity contribution < 1.29 is 17.1 Å². The Balaban J connectivity index is 1.18. The zero-order valence-electron chi connectivity index (χ0n) is 32.5. The van der Waals surface area contributed by atoms with E-state index >= 15 is 0 Å². The van der Waals surface area contributed by atoms with Crippen LogP contribution in [0.3, 0.4) is 0 Å². The van der Waals surface area contributed by atoms with Gasteiger partial charge in [-0.3, -0.25) is 0 Å². The Morgan fingerprint density at radius 3 is 2.16 bits per heavy atom. The molecule has 5 nitrogen and oxygen atoms in total. The fraction of sp³-hybridized carbons (Fsp3) is 0. The van der Waals surface area contributed by atoms with Gasteiger partial charge in [0.05, 0.1) is 8.22 Å². The molecule has 7 aromatic carbocycles. The smallest absolute Gasteiger partial charge is 0.165 e. The zero-order chi connectivity index (χ0) is 38.7. The second-order valence-electron chi connectivity index (χ2n) is 12.3. The van der Waals surface area contributed by atoms with Crippen LogP contribution in [0.2, 0.25) is 0 Å². The molecule has 6 heteroatoms. The molecule has 0 aliphatic heterocycles. The Morgan fingerprint density at radius 2 is 1.24 bits per heavy atom. The minimum absolute atomic E-state index is 0.0220. The van der Waals surface area contributed by atoms with E-state index in [2.05, 4.69) is 18.2 Å². The maximum Gasteiger partial charge on any atom is 0.165 e. The fourth-order valence-corrected chi connectivity index (χ4v) is 8.07. The van der Waals surface area contributed by atoms with E-state index in [1.165, 1.54) is 0 Å². The molecular weight excluding hydrogens is 647 g/mol. The summed E-state index contributed by atoms with van der Waals surface area (Å²) in [5.74, 6) is 0.703. The van der Waals surface area contributed by atoms with Crippen molar-refractivity contribution in [3.8, 4) is 45.3 Å². The van der Waals surface area contributed by atoms with Gasteiger partial charge < -0.3 is 8.83 Å². The normalized spacial score (nSPS) is 13.6. The van der Waals surface area contributed by atoms with Crippen LogP contribution in [0.5, 0.6) is 0 Å². The van der Waals surface area contributed by atoms with Crippen LogP contribution in [0.25, 0.3) is 109 Å². The van der Waals surface area contributed by atoms with Crippen LogP contribution in [-0.2, 0) is 0 Å². The van der Waals surface area contributed by atoms with Gasteiger partial charge in [0, 0.05) is 64.0 Å². The van der Waals surface area contributed by atoms with Crippen molar-refractivity contribution in [2.24, 2.45) is 0 Å². The zero-order valence-corrected chi connectivity index (χ0v) is 27.4. The summed E-state index contributed by atoms with van der Waals surface area (Å²) < 4.78 is 69.8. The van der Waals surface area contributed by atoms with Crippen molar-refractivity contribution in [3.63, 3.8) is 0 Å². The van der Waals surface area contributed by atoms with Gasteiger partial charge in [-0.2, -0.15) is 0 Å². The van der Waals surface area contributed by atoms with Crippen LogP contribution >= 0.6 is 11.3 Å². The second kappa shape index (κ2) is 10.9. The number of para-hydroxylation sites is 2. The molecule has 0 fully saturated rings. The van der Waals surface area contributed by atoms with E-state index in [9.17, 15) is 4.11 Å². The van der Waals surface area contributed by atoms with Crippen molar-refractivity contribution in [1.29, 1.82) is 0 Å². The highest BCUT2D eigenvalue weighted by Gasteiger charge is 2.19. The van der Waals surface area contributed by atoms with Gasteiger partial charge >= 0.3 is 0 Å². The molecule has 0 radical (unpaired) electrons. The van der Waals surface area contributed by atoms with Crippen LogP contribution in [0.15, 0.2) is 160 Å². The van der Waals surface area contributed by atoms with E-state index in [1.54, 1.807) is 23.5 Å². The highest BCUT2D eigenvalue weighted by Crippen LogP contribution is 2.41. The molecule has 0 aliphatic rings. The largest absolute Gasteiger partial charge is 0.456 e. The lowest BCUT2D eigenvalue weighted by molar-refractivity contribution is 0.668. The number of aromatic nitrogens is 3. The first-order valence-electron chi connectivity index (χ1n) is 19.4.